The Kier molecular flexibility index (Phi) is 8.35. The van der Waals surface area contributed by atoms with Gasteiger partial charge in [-0.25, -0.2) is 12.8 Å². The number of carbonyl (C=O) groups excluding carboxylic acids is 1. The van der Waals surface area contributed by atoms with E-state index < -0.39 is 20.7 Å². The van der Waals surface area contributed by atoms with Crippen LogP contribution in [0.15, 0.2) is 23.1 Å². The Labute approximate surface area is 144 Å². The van der Waals surface area contributed by atoms with Crippen LogP contribution >= 0.6 is 0 Å². The molecule has 1 aromatic rings. The fraction of sp³-hybridized carbons (Fsp3) is 0.588. The van der Waals surface area contributed by atoms with Gasteiger partial charge in [0.15, 0.2) is 0 Å². The van der Waals surface area contributed by atoms with Gasteiger partial charge in [-0.1, -0.05) is 40.0 Å². The van der Waals surface area contributed by atoms with Crippen LogP contribution in [-0.4, -0.2) is 38.3 Å². The van der Waals surface area contributed by atoms with Crippen molar-refractivity contribution in [2.75, 3.05) is 19.6 Å². The lowest BCUT2D eigenvalue weighted by Crippen LogP contribution is -2.31. The molecule has 0 aromatic heterocycles. The Balaban J connectivity index is 2.91. The van der Waals surface area contributed by atoms with Gasteiger partial charge in [-0.3, -0.25) is 4.79 Å². The first-order valence-corrected chi connectivity index (χ1v) is 9.90. The zero-order valence-electron chi connectivity index (χ0n) is 14.6. The molecule has 1 aromatic carbocycles. The maximum Gasteiger partial charge on any atom is 0.251 e. The summed E-state index contributed by atoms with van der Waals surface area (Å²) in [6, 6.07) is 3.45. The van der Waals surface area contributed by atoms with E-state index in [4.69, 9.17) is 0 Å². The van der Waals surface area contributed by atoms with Crippen LogP contribution in [0.1, 0.15) is 56.8 Å². The molecule has 0 unspecified atom stereocenters. The largest absolute Gasteiger partial charge is 0.352 e. The van der Waals surface area contributed by atoms with E-state index in [2.05, 4.69) is 12.2 Å². The Morgan fingerprint density at radius 2 is 1.79 bits per heavy atom. The van der Waals surface area contributed by atoms with Crippen molar-refractivity contribution in [3.63, 3.8) is 0 Å². The topological polar surface area (TPSA) is 66.5 Å². The Bertz CT molecular complexity index is 643. The van der Waals surface area contributed by atoms with Crippen molar-refractivity contribution in [2.45, 2.75) is 51.3 Å². The number of benzene rings is 1. The standard InChI is InChI=1S/C17H27FN2O3S/c1-4-7-8-9-12-19-17(21)14-10-11-15(18)16(13-14)24(22,23)20(5-2)6-3/h10-11,13H,4-9,12H2,1-3H3,(H,19,21). The van der Waals surface area contributed by atoms with Crippen LogP contribution in [-0.2, 0) is 10.0 Å². The summed E-state index contributed by atoms with van der Waals surface area (Å²) < 4.78 is 40.1. The summed E-state index contributed by atoms with van der Waals surface area (Å²) in [6.45, 7) is 6.49. The van der Waals surface area contributed by atoms with Crippen LogP contribution in [0.25, 0.3) is 0 Å². The summed E-state index contributed by atoms with van der Waals surface area (Å²) >= 11 is 0. The summed E-state index contributed by atoms with van der Waals surface area (Å²) in [7, 11) is -3.94. The summed E-state index contributed by atoms with van der Waals surface area (Å²) in [5.41, 5.74) is 0.151. The lowest BCUT2D eigenvalue weighted by atomic mass is 10.2. The van der Waals surface area contributed by atoms with Gasteiger partial charge in [-0.2, -0.15) is 4.31 Å². The number of nitrogens with zero attached hydrogens (tertiary/aromatic N) is 1. The van der Waals surface area contributed by atoms with E-state index in [9.17, 15) is 17.6 Å². The van der Waals surface area contributed by atoms with Gasteiger partial charge < -0.3 is 5.32 Å². The number of halogens is 1. The first-order valence-electron chi connectivity index (χ1n) is 8.46. The highest BCUT2D eigenvalue weighted by Crippen LogP contribution is 2.20. The minimum absolute atomic E-state index is 0.151. The van der Waals surface area contributed by atoms with Gasteiger partial charge in [0.2, 0.25) is 10.0 Å². The molecule has 0 aliphatic carbocycles. The molecule has 1 N–H and O–H groups in total. The molecule has 1 amide bonds. The van der Waals surface area contributed by atoms with Gasteiger partial charge in [0.05, 0.1) is 0 Å². The fourth-order valence-electron chi connectivity index (χ4n) is 2.40. The molecule has 0 aliphatic heterocycles. The molecular formula is C17H27FN2O3S. The predicted molar refractivity (Wildman–Crippen MR) is 93.0 cm³/mol. The minimum atomic E-state index is -3.94. The number of sulfonamides is 1. The van der Waals surface area contributed by atoms with E-state index in [1.54, 1.807) is 13.8 Å². The second kappa shape index (κ2) is 9.74. The van der Waals surface area contributed by atoms with Crippen molar-refractivity contribution in [3.05, 3.63) is 29.6 Å². The van der Waals surface area contributed by atoms with Crippen LogP contribution in [0.5, 0.6) is 0 Å². The van der Waals surface area contributed by atoms with Gasteiger partial charge >= 0.3 is 0 Å². The van der Waals surface area contributed by atoms with Crippen molar-refractivity contribution < 1.29 is 17.6 Å². The predicted octanol–water partition coefficient (Wildman–Crippen LogP) is 3.17. The minimum Gasteiger partial charge on any atom is -0.352 e. The second-order valence-corrected chi connectivity index (χ2v) is 7.46. The van der Waals surface area contributed by atoms with Crippen LogP contribution in [0, 0.1) is 5.82 Å². The first kappa shape index (κ1) is 20.6. The lowest BCUT2D eigenvalue weighted by Gasteiger charge is -2.19. The lowest BCUT2D eigenvalue weighted by molar-refractivity contribution is 0.0952. The number of nitrogens with one attached hydrogen (secondary N) is 1. The Morgan fingerprint density at radius 1 is 1.12 bits per heavy atom. The van der Waals surface area contributed by atoms with Gasteiger partial charge in [0.1, 0.15) is 10.7 Å². The van der Waals surface area contributed by atoms with E-state index in [0.29, 0.717) is 6.54 Å². The molecule has 0 atom stereocenters. The van der Waals surface area contributed by atoms with Gasteiger partial charge in [0.25, 0.3) is 5.91 Å². The second-order valence-electron chi connectivity index (χ2n) is 5.55. The summed E-state index contributed by atoms with van der Waals surface area (Å²) in [4.78, 5) is 11.7. The normalized spacial score (nSPS) is 11.7. The third kappa shape index (κ3) is 5.27. The molecule has 0 aliphatic rings. The Morgan fingerprint density at radius 3 is 2.38 bits per heavy atom. The third-order valence-corrected chi connectivity index (χ3v) is 5.90. The molecule has 0 fully saturated rings. The van der Waals surface area contributed by atoms with E-state index in [1.165, 1.54) is 6.07 Å². The van der Waals surface area contributed by atoms with E-state index in [-0.39, 0.29) is 24.6 Å². The highest BCUT2D eigenvalue weighted by atomic mass is 32.2. The van der Waals surface area contributed by atoms with Crippen molar-refractivity contribution in [1.82, 2.24) is 9.62 Å². The Hall–Kier alpha value is -1.47. The molecule has 1 rings (SSSR count). The van der Waals surface area contributed by atoms with Gasteiger partial charge in [-0.15, -0.1) is 0 Å². The van der Waals surface area contributed by atoms with Crippen LogP contribution < -0.4 is 5.32 Å². The van der Waals surface area contributed by atoms with E-state index in [0.717, 1.165) is 42.1 Å². The molecule has 0 heterocycles. The smallest absolute Gasteiger partial charge is 0.251 e. The third-order valence-electron chi connectivity index (χ3n) is 3.83. The van der Waals surface area contributed by atoms with Crippen molar-refractivity contribution in [3.8, 4) is 0 Å². The average molecular weight is 358 g/mol. The summed E-state index contributed by atoms with van der Waals surface area (Å²) in [5, 5.41) is 2.74. The number of hydrogen-bond donors (Lipinski definition) is 1. The number of amides is 1. The summed E-state index contributed by atoms with van der Waals surface area (Å²) in [6.07, 6.45) is 4.12. The van der Waals surface area contributed by atoms with Crippen molar-refractivity contribution >= 4 is 15.9 Å². The monoisotopic (exact) mass is 358 g/mol. The van der Waals surface area contributed by atoms with Crippen LogP contribution in [0.2, 0.25) is 0 Å². The van der Waals surface area contributed by atoms with Crippen LogP contribution in [0.3, 0.4) is 0 Å². The van der Waals surface area contributed by atoms with Gasteiger partial charge in [0, 0.05) is 25.2 Å². The maximum absolute atomic E-state index is 14.0. The number of rotatable bonds is 10. The molecule has 5 nitrogen and oxygen atoms in total. The average Bonchev–Trinajstić information content (AvgIpc) is 2.55. The fourth-order valence-corrected chi connectivity index (χ4v) is 3.95. The van der Waals surface area contributed by atoms with Crippen LogP contribution in [0.4, 0.5) is 4.39 Å². The molecule has 7 heteroatoms. The zero-order valence-corrected chi connectivity index (χ0v) is 15.5. The maximum atomic E-state index is 14.0. The molecule has 0 saturated heterocycles. The number of hydrogen-bond acceptors (Lipinski definition) is 3. The first-order chi connectivity index (χ1) is 11.4. The van der Waals surface area contributed by atoms with E-state index in [1.807, 2.05) is 0 Å². The van der Waals surface area contributed by atoms with Crippen molar-refractivity contribution in [1.29, 1.82) is 0 Å². The molecular weight excluding hydrogens is 331 g/mol. The number of unbranched alkanes of at least 4 members (excludes halogenated alkanes) is 3. The molecule has 136 valence electrons. The molecule has 0 radical (unpaired) electrons. The summed E-state index contributed by atoms with van der Waals surface area (Å²) in [5.74, 6) is -1.23. The quantitative estimate of drug-likeness (QED) is 0.653. The highest BCUT2D eigenvalue weighted by Gasteiger charge is 2.26. The van der Waals surface area contributed by atoms with Gasteiger partial charge in [-0.05, 0) is 24.6 Å². The highest BCUT2D eigenvalue weighted by molar-refractivity contribution is 7.89. The number of carbonyl (C=O) groups is 1. The molecule has 0 saturated carbocycles. The SMILES string of the molecule is CCCCCCNC(=O)c1ccc(F)c(S(=O)(=O)N(CC)CC)c1. The molecule has 24 heavy (non-hydrogen) atoms. The molecule has 0 spiro atoms. The van der Waals surface area contributed by atoms with E-state index >= 15 is 0 Å². The van der Waals surface area contributed by atoms with Crippen molar-refractivity contribution in [2.24, 2.45) is 0 Å². The molecule has 0 bridgehead atoms. The zero-order chi connectivity index (χ0) is 18.2.